The van der Waals surface area contributed by atoms with Crippen molar-refractivity contribution in [2.45, 2.75) is 13.8 Å². The fourth-order valence-corrected chi connectivity index (χ4v) is 2.85. The Balaban J connectivity index is 0.00000280. The summed E-state index contributed by atoms with van der Waals surface area (Å²) < 4.78 is 9.99. The molecule has 28 heavy (non-hydrogen) atoms. The van der Waals surface area contributed by atoms with Crippen LogP contribution in [0.1, 0.15) is 56.0 Å². The number of benzene rings is 2. The van der Waals surface area contributed by atoms with E-state index >= 15 is 0 Å². The third-order valence-corrected chi connectivity index (χ3v) is 3.83. The minimum absolute atomic E-state index is 0. The molecule has 1 radical (unpaired) electrons. The Hall–Kier alpha value is -2.17. The number of ketones is 2. The second-order valence-electron chi connectivity index (χ2n) is 5.73. The van der Waals surface area contributed by atoms with Crippen LogP contribution < -0.4 is 9.47 Å². The largest absolute Gasteiger partial charge is 0.478 e. The van der Waals surface area contributed by atoms with Gasteiger partial charge in [0.15, 0.2) is 5.78 Å². The van der Waals surface area contributed by atoms with E-state index in [0.717, 1.165) is 26.0 Å². The van der Waals surface area contributed by atoms with Gasteiger partial charge < -0.3 is 14.6 Å². The zero-order valence-electron chi connectivity index (χ0n) is 15.2. The molecule has 9 heteroatoms. The molecule has 0 saturated heterocycles. The van der Waals surface area contributed by atoms with Gasteiger partial charge in [0.1, 0.15) is 11.5 Å². The molecule has 0 aromatic heterocycles. The fourth-order valence-electron chi connectivity index (χ4n) is 2.85. The predicted octanol–water partition coefficient (Wildman–Crippen LogP) is 1.63. The van der Waals surface area contributed by atoms with Crippen LogP contribution in [0, 0.1) is 0 Å². The number of carboxylic acids is 1. The van der Waals surface area contributed by atoms with Crippen LogP contribution in [0.15, 0.2) is 30.3 Å². The molecule has 0 bridgehead atoms. The second-order valence-corrected chi connectivity index (χ2v) is 5.73. The van der Waals surface area contributed by atoms with Gasteiger partial charge in [-0.1, -0.05) is 12.1 Å². The Bertz CT molecular complexity index is 1050. The fraction of sp³-hybridized carbons (Fsp3) is 0.105. The van der Waals surface area contributed by atoms with Crippen LogP contribution in [0.4, 0.5) is 0 Å². The van der Waals surface area contributed by atoms with Crippen molar-refractivity contribution >= 4 is 80.9 Å². The SMILES string of the molecule is CC(=O)Oc1cccc2c1C(=O)c1c(OC(C)=O)cc(C(=O)O)cc1C2=O.[K]. The smallest absolute Gasteiger partial charge is 0.335 e. The van der Waals surface area contributed by atoms with E-state index in [1.807, 2.05) is 0 Å². The number of esters is 2. The Morgan fingerprint density at radius 2 is 1.39 bits per heavy atom. The summed E-state index contributed by atoms with van der Waals surface area (Å²) in [5, 5.41) is 9.24. The number of rotatable bonds is 3. The second kappa shape index (κ2) is 8.46. The summed E-state index contributed by atoms with van der Waals surface area (Å²) in [6.07, 6.45) is 0. The molecular weight excluding hydrogens is 395 g/mol. The van der Waals surface area contributed by atoms with E-state index in [-0.39, 0.29) is 90.7 Å². The maximum atomic E-state index is 13.1. The maximum Gasteiger partial charge on any atom is 0.335 e. The number of carbonyl (C=O) groups excluding carboxylic acids is 4. The molecule has 1 N–H and O–H groups in total. The summed E-state index contributed by atoms with van der Waals surface area (Å²) in [5.41, 5.74) is -0.967. The Kier molecular flexibility index (Phi) is 6.68. The first-order valence-corrected chi connectivity index (χ1v) is 7.71. The molecule has 2 aromatic rings. The number of fused-ring (bicyclic) bond motifs is 2. The van der Waals surface area contributed by atoms with Gasteiger partial charge in [-0.3, -0.25) is 19.2 Å². The maximum absolute atomic E-state index is 13.1. The average Bonchev–Trinajstić information content (AvgIpc) is 2.57. The van der Waals surface area contributed by atoms with Crippen molar-refractivity contribution in [1.29, 1.82) is 0 Å². The Labute approximate surface area is 201 Å². The Morgan fingerprint density at radius 3 is 1.96 bits per heavy atom. The van der Waals surface area contributed by atoms with Crippen molar-refractivity contribution in [1.82, 2.24) is 0 Å². The molecule has 2 aromatic carbocycles. The van der Waals surface area contributed by atoms with Gasteiger partial charge in [0, 0.05) is 76.4 Å². The van der Waals surface area contributed by atoms with E-state index in [9.17, 15) is 29.1 Å². The number of hydrogen-bond acceptors (Lipinski definition) is 7. The zero-order chi connectivity index (χ0) is 19.9. The van der Waals surface area contributed by atoms with Gasteiger partial charge >= 0.3 is 17.9 Å². The first-order valence-electron chi connectivity index (χ1n) is 7.71. The molecule has 3 rings (SSSR count). The molecule has 0 heterocycles. The van der Waals surface area contributed by atoms with Gasteiger partial charge in [-0.05, 0) is 18.2 Å². The number of ether oxygens (including phenoxy) is 2. The summed E-state index contributed by atoms with van der Waals surface area (Å²) >= 11 is 0. The first-order chi connectivity index (χ1) is 12.7. The molecular formula is C19H12KO8. The van der Waals surface area contributed by atoms with E-state index in [2.05, 4.69) is 0 Å². The molecule has 0 atom stereocenters. The van der Waals surface area contributed by atoms with Crippen molar-refractivity contribution < 1.29 is 38.6 Å². The van der Waals surface area contributed by atoms with Gasteiger partial charge in [-0.15, -0.1) is 0 Å². The topological polar surface area (TPSA) is 124 Å². The molecule has 0 unspecified atom stereocenters. The van der Waals surface area contributed by atoms with Crippen molar-refractivity contribution in [2.24, 2.45) is 0 Å². The number of aromatic carboxylic acids is 1. The molecule has 0 aliphatic heterocycles. The first kappa shape index (κ1) is 22.1. The molecule has 0 saturated carbocycles. The van der Waals surface area contributed by atoms with Crippen LogP contribution in [0.5, 0.6) is 11.5 Å². The molecule has 1 aliphatic rings. The predicted molar refractivity (Wildman–Crippen MR) is 95.1 cm³/mol. The summed E-state index contributed by atoms with van der Waals surface area (Å²) in [6, 6.07) is 6.19. The number of hydrogen-bond donors (Lipinski definition) is 1. The van der Waals surface area contributed by atoms with Gasteiger partial charge in [-0.25, -0.2) is 4.79 Å². The molecule has 0 amide bonds. The van der Waals surface area contributed by atoms with Crippen molar-refractivity contribution in [3.05, 3.63) is 58.1 Å². The third-order valence-electron chi connectivity index (χ3n) is 3.83. The van der Waals surface area contributed by atoms with E-state index < -0.39 is 29.5 Å². The number of carboxylic acid groups (broad SMARTS) is 1. The van der Waals surface area contributed by atoms with Crippen LogP contribution >= 0.6 is 0 Å². The standard InChI is InChI=1S/C19H12O8.K/c1-8(20)26-13-5-3-4-11-15(13)18(23)16-12(17(11)22)6-10(19(24)25)7-14(16)27-9(2)21;/h3-7H,1-2H3,(H,24,25);. The summed E-state index contributed by atoms with van der Waals surface area (Å²) in [4.78, 5) is 60.0. The van der Waals surface area contributed by atoms with Crippen LogP contribution in [0.2, 0.25) is 0 Å². The third kappa shape index (κ3) is 3.98. The van der Waals surface area contributed by atoms with E-state index in [1.54, 1.807) is 0 Å². The van der Waals surface area contributed by atoms with Crippen molar-refractivity contribution in [3.63, 3.8) is 0 Å². The zero-order valence-corrected chi connectivity index (χ0v) is 18.3. The van der Waals surface area contributed by atoms with Gasteiger partial charge in [0.05, 0.1) is 16.7 Å². The molecule has 0 fully saturated rings. The Morgan fingerprint density at radius 1 is 0.821 bits per heavy atom. The van der Waals surface area contributed by atoms with Crippen molar-refractivity contribution in [2.75, 3.05) is 0 Å². The minimum atomic E-state index is -1.36. The summed E-state index contributed by atoms with van der Waals surface area (Å²) in [6.45, 7) is 2.22. The van der Waals surface area contributed by atoms with Gasteiger partial charge in [-0.2, -0.15) is 0 Å². The van der Waals surface area contributed by atoms with Gasteiger partial charge in [0.2, 0.25) is 5.78 Å². The molecule has 8 nitrogen and oxygen atoms in total. The quantitative estimate of drug-likeness (QED) is 0.395. The number of carbonyl (C=O) groups is 5. The summed E-state index contributed by atoms with van der Waals surface area (Å²) in [5.74, 6) is -4.66. The van der Waals surface area contributed by atoms with E-state index in [0.29, 0.717) is 0 Å². The molecule has 137 valence electrons. The monoisotopic (exact) mass is 407 g/mol. The van der Waals surface area contributed by atoms with E-state index in [1.165, 1.54) is 18.2 Å². The van der Waals surface area contributed by atoms with Gasteiger partial charge in [0.25, 0.3) is 0 Å². The molecule has 0 spiro atoms. The normalized spacial score (nSPS) is 11.6. The van der Waals surface area contributed by atoms with Crippen LogP contribution in [0.25, 0.3) is 0 Å². The average molecular weight is 407 g/mol. The van der Waals surface area contributed by atoms with Crippen LogP contribution in [-0.4, -0.2) is 86.0 Å². The van der Waals surface area contributed by atoms with E-state index in [4.69, 9.17) is 9.47 Å². The van der Waals surface area contributed by atoms with Crippen molar-refractivity contribution in [3.8, 4) is 11.5 Å². The van der Waals surface area contributed by atoms with Crippen LogP contribution in [-0.2, 0) is 9.59 Å². The minimum Gasteiger partial charge on any atom is -0.478 e. The molecule has 1 aliphatic carbocycles. The summed E-state index contributed by atoms with van der Waals surface area (Å²) in [7, 11) is 0. The van der Waals surface area contributed by atoms with Crippen LogP contribution in [0.3, 0.4) is 0 Å².